The molecule has 0 fully saturated rings. The van der Waals surface area contributed by atoms with Gasteiger partial charge in [-0.25, -0.2) is 4.39 Å². The number of nitrogens with one attached hydrogen (secondary N) is 2. The fourth-order valence-corrected chi connectivity index (χ4v) is 4.32. The quantitative estimate of drug-likeness (QED) is 0.191. The van der Waals surface area contributed by atoms with Crippen molar-refractivity contribution >= 4 is 27.7 Å². The van der Waals surface area contributed by atoms with Crippen LogP contribution in [-0.4, -0.2) is 35.5 Å². The van der Waals surface area contributed by atoms with Crippen LogP contribution in [0.25, 0.3) is 33.2 Å². The van der Waals surface area contributed by atoms with Gasteiger partial charge in [0.15, 0.2) is 0 Å². The standard InChI is InChI=1S/C33H34FN5/c1-21(26-16-28(19-36-18-26)37-22(2)20-39(5)6)13-14-31(35)23(3)24(4)33-17-30-29(11-8-12-32(30)38-33)25-9-7-10-27(34)15-25/h7-19,37-38H,2-4,20,35H2,1,5-6H3/b21-13+,31-14+. The number of aromatic nitrogens is 2. The van der Waals surface area contributed by atoms with Crippen LogP contribution in [0.1, 0.15) is 18.2 Å². The minimum atomic E-state index is -0.270. The van der Waals surface area contributed by atoms with E-state index >= 15 is 0 Å². The zero-order valence-corrected chi connectivity index (χ0v) is 22.7. The third-order valence-electron chi connectivity index (χ3n) is 6.37. The molecule has 0 saturated carbocycles. The number of H-pyrrole nitrogens is 1. The maximum absolute atomic E-state index is 13.9. The molecule has 5 nitrogen and oxygen atoms in total. The summed E-state index contributed by atoms with van der Waals surface area (Å²) in [4.78, 5) is 9.81. The van der Waals surface area contributed by atoms with Crippen LogP contribution < -0.4 is 11.1 Å². The first-order chi connectivity index (χ1) is 18.6. The Hall–Kier alpha value is -4.68. The molecule has 4 aromatic rings. The van der Waals surface area contributed by atoms with E-state index in [0.29, 0.717) is 16.8 Å². The minimum absolute atomic E-state index is 0.270. The summed E-state index contributed by atoms with van der Waals surface area (Å²) in [5, 5.41) is 4.27. The molecule has 2 aromatic carbocycles. The molecule has 0 radical (unpaired) electrons. The van der Waals surface area contributed by atoms with Crippen LogP contribution in [0.15, 0.2) is 116 Å². The van der Waals surface area contributed by atoms with Gasteiger partial charge in [-0.15, -0.1) is 0 Å². The maximum Gasteiger partial charge on any atom is 0.123 e. The van der Waals surface area contributed by atoms with E-state index in [1.165, 1.54) is 12.1 Å². The van der Waals surface area contributed by atoms with E-state index in [1.807, 2.05) is 80.7 Å². The van der Waals surface area contributed by atoms with Crippen LogP contribution in [0.2, 0.25) is 0 Å². The van der Waals surface area contributed by atoms with E-state index in [2.05, 4.69) is 35.0 Å². The van der Waals surface area contributed by atoms with Crippen molar-refractivity contribution in [3.8, 4) is 11.1 Å². The van der Waals surface area contributed by atoms with E-state index in [0.717, 1.165) is 56.8 Å². The zero-order chi connectivity index (χ0) is 28.1. The number of benzene rings is 2. The largest absolute Gasteiger partial charge is 0.398 e. The van der Waals surface area contributed by atoms with Gasteiger partial charge in [0.25, 0.3) is 0 Å². The Labute approximate surface area is 229 Å². The van der Waals surface area contributed by atoms with Gasteiger partial charge in [-0.3, -0.25) is 4.98 Å². The van der Waals surface area contributed by atoms with Gasteiger partial charge in [0, 0.05) is 40.7 Å². The van der Waals surface area contributed by atoms with Crippen LogP contribution in [0.4, 0.5) is 10.1 Å². The van der Waals surface area contributed by atoms with Gasteiger partial charge < -0.3 is 20.9 Å². The molecule has 0 aliphatic carbocycles. The van der Waals surface area contributed by atoms with Crippen molar-refractivity contribution in [2.75, 3.05) is 26.0 Å². The lowest BCUT2D eigenvalue weighted by molar-refractivity contribution is 0.447. The fraction of sp³-hybridized carbons (Fsp3) is 0.121. The molecule has 0 aliphatic rings. The van der Waals surface area contributed by atoms with Crippen LogP contribution in [0, 0.1) is 5.82 Å². The van der Waals surface area contributed by atoms with E-state index in [9.17, 15) is 4.39 Å². The second kappa shape index (κ2) is 11.8. The second-order valence-corrected chi connectivity index (χ2v) is 9.82. The van der Waals surface area contributed by atoms with Gasteiger partial charge in [0.2, 0.25) is 0 Å². The molecule has 198 valence electrons. The SMILES string of the molecule is C=C(CN(C)C)Nc1cncc(/C(C)=C/C=C(/N)C(=C)C(=C)c2cc3c(-c4cccc(F)c4)cccc3[nH]2)c1. The number of likely N-dealkylation sites (N-methyl/N-ethyl adjacent to an activating group) is 1. The monoisotopic (exact) mass is 519 g/mol. The summed E-state index contributed by atoms with van der Waals surface area (Å²) in [6, 6.07) is 16.5. The Morgan fingerprint density at radius 2 is 1.82 bits per heavy atom. The molecule has 0 spiro atoms. The van der Waals surface area contributed by atoms with Crippen molar-refractivity contribution in [3.63, 3.8) is 0 Å². The summed E-state index contributed by atoms with van der Waals surface area (Å²) in [6.45, 7) is 15.2. The Balaban J connectivity index is 1.52. The third-order valence-corrected chi connectivity index (χ3v) is 6.37. The number of rotatable bonds is 10. The third kappa shape index (κ3) is 6.61. The maximum atomic E-state index is 13.9. The summed E-state index contributed by atoms with van der Waals surface area (Å²) in [5.41, 5.74) is 15.4. The molecule has 0 amide bonds. The number of nitrogens with two attached hydrogens (primary N) is 1. The lowest BCUT2D eigenvalue weighted by atomic mass is 9.99. The number of nitrogens with zero attached hydrogens (tertiary/aromatic N) is 2. The summed E-state index contributed by atoms with van der Waals surface area (Å²) in [5.74, 6) is -0.270. The van der Waals surface area contributed by atoms with E-state index in [1.54, 1.807) is 12.3 Å². The smallest absolute Gasteiger partial charge is 0.123 e. The van der Waals surface area contributed by atoms with Crippen LogP contribution in [-0.2, 0) is 0 Å². The van der Waals surface area contributed by atoms with Crippen LogP contribution in [0.5, 0.6) is 0 Å². The first-order valence-corrected chi connectivity index (χ1v) is 12.6. The van der Waals surface area contributed by atoms with Gasteiger partial charge in [-0.05, 0) is 90.8 Å². The summed E-state index contributed by atoms with van der Waals surface area (Å²) >= 11 is 0. The first-order valence-electron chi connectivity index (χ1n) is 12.6. The molecule has 0 saturated heterocycles. The summed E-state index contributed by atoms with van der Waals surface area (Å²) < 4.78 is 13.9. The Morgan fingerprint density at radius 3 is 2.56 bits per heavy atom. The average molecular weight is 520 g/mol. The van der Waals surface area contributed by atoms with Gasteiger partial charge in [-0.1, -0.05) is 50.1 Å². The number of allylic oxidation sites excluding steroid dienone is 4. The lowest BCUT2D eigenvalue weighted by Gasteiger charge is -2.14. The van der Waals surface area contributed by atoms with Gasteiger partial charge in [0.1, 0.15) is 5.82 Å². The fourth-order valence-electron chi connectivity index (χ4n) is 4.32. The minimum Gasteiger partial charge on any atom is -0.398 e. The molecule has 6 heteroatoms. The number of fused-ring (bicyclic) bond motifs is 1. The number of halogens is 1. The van der Waals surface area contributed by atoms with Crippen LogP contribution >= 0.6 is 0 Å². The zero-order valence-electron chi connectivity index (χ0n) is 22.7. The van der Waals surface area contributed by atoms with Gasteiger partial charge >= 0.3 is 0 Å². The second-order valence-electron chi connectivity index (χ2n) is 9.82. The van der Waals surface area contributed by atoms with Crippen molar-refractivity contribution in [3.05, 3.63) is 133 Å². The number of pyridine rings is 1. The van der Waals surface area contributed by atoms with Gasteiger partial charge in [-0.2, -0.15) is 0 Å². The highest BCUT2D eigenvalue weighted by molar-refractivity contribution is 5.98. The molecule has 0 atom stereocenters. The van der Waals surface area contributed by atoms with Gasteiger partial charge in [0.05, 0.1) is 11.9 Å². The number of hydrogen-bond donors (Lipinski definition) is 3. The highest BCUT2D eigenvalue weighted by atomic mass is 19.1. The number of hydrogen-bond acceptors (Lipinski definition) is 4. The van der Waals surface area contributed by atoms with Crippen molar-refractivity contribution in [2.24, 2.45) is 5.73 Å². The molecule has 2 aromatic heterocycles. The number of anilines is 1. The molecule has 4 N–H and O–H groups in total. The molecule has 0 aliphatic heterocycles. The highest BCUT2D eigenvalue weighted by Crippen LogP contribution is 2.33. The highest BCUT2D eigenvalue weighted by Gasteiger charge is 2.12. The summed E-state index contributed by atoms with van der Waals surface area (Å²) in [6.07, 6.45) is 7.35. The van der Waals surface area contributed by atoms with Crippen molar-refractivity contribution in [1.82, 2.24) is 14.9 Å². The Kier molecular flexibility index (Phi) is 8.27. The molecule has 0 bridgehead atoms. The van der Waals surface area contributed by atoms with E-state index in [4.69, 9.17) is 5.73 Å². The predicted octanol–water partition coefficient (Wildman–Crippen LogP) is 7.37. The van der Waals surface area contributed by atoms with Crippen molar-refractivity contribution in [2.45, 2.75) is 6.92 Å². The van der Waals surface area contributed by atoms with Crippen molar-refractivity contribution < 1.29 is 4.39 Å². The summed E-state index contributed by atoms with van der Waals surface area (Å²) in [7, 11) is 3.99. The molecular formula is C33H34FN5. The van der Waals surface area contributed by atoms with Crippen LogP contribution in [0.3, 0.4) is 0 Å². The topological polar surface area (TPSA) is 70.0 Å². The first kappa shape index (κ1) is 27.4. The Bertz CT molecular complexity index is 1620. The number of aromatic amines is 1. The molecular weight excluding hydrogens is 485 g/mol. The molecule has 4 rings (SSSR count). The molecule has 0 unspecified atom stereocenters. The normalized spacial score (nSPS) is 12.1. The average Bonchev–Trinajstić information content (AvgIpc) is 3.35. The lowest BCUT2D eigenvalue weighted by Crippen LogP contribution is -2.18. The molecule has 2 heterocycles. The Morgan fingerprint density at radius 1 is 1.05 bits per heavy atom. The van der Waals surface area contributed by atoms with E-state index < -0.39 is 0 Å². The molecule has 39 heavy (non-hydrogen) atoms. The van der Waals surface area contributed by atoms with Crippen molar-refractivity contribution in [1.29, 1.82) is 0 Å². The predicted molar refractivity (Wildman–Crippen MR) is 163 cm³/mol. The van der Waals surface area contributed by atoms with E-state index in [-0.39, 0.29) is 5.82 Å².